The van der Waals surface area contributed by atoms with Gasteiger partial charge in [0.1, 0.15) is 5.75 Å². The first kappa shape index (κ1) is 6.68. The highest BCUT2D eigenvalue weighted by Crippen LogP contribution is 2.37. The second kappa shape index (κ2) is 2.24. The molecule has 1 aliphatic carbocycles. The molecule has 0 saturated carbocycles. The van der Waals surface area contributed by atoms with Gasteiger partial charge in [0.15, 0.2) is 0 Å². The molecule has 0 heterocycles. The molecule has 2 rings (SSSR count). The predicted octanol–water partition coefficient (Wildman–Crippen LogP) is 1.21. The van der Waals surface area contributed by atoms with Crippen molar-refractivity contribution >= 4 is 0 Å². The van der Waals surface area contributed by atoms with E-state index in [1.54, 1.807) is 6.07 Å². The van der Waals surface area contributed by atoms with E-state index in [9.17, 15) is 5.11 Å². The highest BCUT2D eigenvalue weighted by atomic mass is 16.3. The van der Waals surface area contributed by atoms with Crippen LogP contribution in [0.25, 0.3) is 0 Å². The van der Waals surface area contributed by atoms with Crippen LogP contribution in [0, 0.1) is 0 Å². The zero-order valence-corrected chi connectivity index (χ0v) is 6.46. The van der Waals surface area contributed by atoms with Crippen LogP contribution in [0.4, 0.5) is 0 Å². The van der Waals surface area contributed by atoms with Gasteiger partial charge in [0.25, 0.3) is 0 Å². The van der Waals surface area contributed by atoms with E-state index in [1.165, 1.54) is 5.56 Å². The summed E-state index contributed by atoms with van der Waals surface area (Å²) in [6.07, 6.45) is 0.957. The first-order valence-corrected chi connectivity index (χ1v) is 3.81. The average molecular weight is 149 g/mol. The summed E-state index contributed by atoms with van der Waals surface area (Å²) in [5, 5.41) is 12.5. The maximum absolute atomic E-state index is 9.34. The third-order valence-electron chi connectivity index (χ3n) is 2.32. The average Bonchev–Trinajstić information content (AvgIpc) is 1.95. The van der Waals surface area contributed by atoms with Crippen LogP contribution >= 0.6 is 0 Å². The molecule has 1 unspecified atom stereocenters. The van der Waals surface area contributed by atoms with Gasteiger partial charge < -0.3 is 10.4 Å². The van der Waals surface area contributed by atoms with Crippen LogP contribution in [0.15, 0.2) is 18.2 Å². The minimum absolute atomic E-state index is 0.439. The van der Waals surface area contributed by atoms with Crippen molar-refractivity contribution in [2.24, 2.45) is 0 Å². The zero-order valence-electron chi connectivity index (χ0n) is 6.46. The van der Waals surface area contributed by atoms with Gasteiger partial charge in [-0.3, -0.25) is 0 Å². The van der Waals surface area contributed by atoms with Gasteiger partial charge in [-0.25, -0.2) is 0 Å². The van der Waals surface area contributed by atoms with Crippen LogP contribution < -0.4 is 5.32 Å². The van der Waals surface area contributed by atoms with Gasteiger partial charge in [-0.1, -0.05) is 12.1 Å². The Morgan fingerprint density at radius 3 is 3.09 bits per heavy atom. The van der Waals surface area contributed by atoms with Crippen molar-refractivity contribution in [2.75, 3.05) is 7.05 Å². The van der Waals surface area contributed by atoms with Crippen molar-refractivity contribution in [3.05, 3.63) is 29.3 Å². The molecule has 1 aromatic rings. The summed E-state index contributed by atoms with van der Waals surface area (Å²) < 4.78 is 0. The lowest BCUT2D eigenvalue weighted by Gasteiger charge is -2.30. The summed E-state index contributed by atoms with van der Waals surface area (Å²) >= 11 is 0. The number of hydrogen-bond donors (Lipinski definition) is 2. The number of nitrogens with one attached hydrogen (secondary N) is 1. The van der Waals surface area contributed by atoms with Crippen molar-refractivity contribution in [3.63, 3.8) is 0 Å². The largest absolute Gasteiger partial charge is 0.508 e. The molecule has 58 valence electrons. The summed E-state index contributed by atoms with van der Waals surface area (Å²) in [6.45, 7) is 0. The zero-order chi connectivity index (χ0) is 7.84. The van der Waals surface area contributed by atoms with Gasteiger partial charge in [-0.2, -0.15) is 0 Å². The predicted molar refractivity (Wildman–Crippen MR) is 43.6 cm³/mol. The fourth-order valence-corrected chi connectivity index (χ4v) is 1.58. The lowest BCUT2D eigenvalue weighted by atomic mass is 9.83. The van der Waals surface area contributed by atoms with Gasteiger partial charge >= 0.3 is 0 Å². The monoisotopic (exact) mass is 149 g/mol. The third-order valence-corrected chi connectivity index (χ3v) is 2.32. The Hall–Kier alpha value is -1.02. The van der Waals surface area contributed by atoms with E-state index in [0.29, 0.717) is 11.8 Å². The van der Waals surface area contributed by atoms with E-state index in [0.717, 1.165) is 12.0 Å². The van der Waals surface area contributed by atoms with Crippen LogP contribution in [-0.4, -0.2) is 12.2 Å². The first-order valence-electron chi connectivity index (χ1n) is 3.81. The number of hydrogen-bond acceptors (Lipinski definition) is 2. The molecule has 0 aromatic heterocycles. The van der Waals surface area contributed by atoms with E-state index in [2.05, 4.69) is 11.4 Å². The van der Waals surface area contributed by atoms with Gasteiger partial charge in [0.05, 0.1) is 0 Å². The second-order valence-electron chi connectivity index (χ2n) is 2.89. The van der Waals surface area contributed by atoms with Crippen molar-refractivity contribution in [1.29, 1.82) is 0 Å². The molecule has 0 aliphatic heterocycles. The van der Waals surface area contributed by atoms with Crippen molar-refractivity contribution < 1.29 is 5.11 Å². The van der Waals surface area contributed by atoms with Crippen LogP contribution in [0.2, 0.25) is 0 Å². The summed E-state index contributed by atoms with van der Waals surface area (Å²) in [7, 11) is 1.94. The number of likely N-dealkylation sites (N-methyl/N-ethyl adjacent to an activating group) is 1. The lowest BCUT2D eigenvalue weighted by Crippen LogP contribution is -2.28. The van der Waals surface area contributed by atoms with E-state index < -0.39 is 0 Å². The van der Waals surface area contributed by atoms with Gasteiger partial charge in [0.2, 0.25) is 0 Å². The Kier molecular flexibility index (Phi) is 1.36. The molecule has 0 saturated heterocycles. The lowest BCUT2D eigenvalue weighted by molar-refractivity contribution is 0.439. The number of phenolic OH excluding ortho intramolecular Hbond substituents is 1. The van der Waals surface area contributed by atoms with Crippen LogP contribution in [-0.2, 0) is 6.42 Å². The van der Waals surface area contributed by atoms with Crippen LogP contribution in [0.3, 0.4) is 0 Å². The summed E-state index contributed by atoms with van der Waals surface area (Å²) in [5.41, 5.74) is 2.35. The summed E-state index contributed by atoms with van der Waals surface area (Å²) in [4.78, 5) is 0. The van der Waals surface area contributed by atoms with Gasteiger partial charge in [-0.15, -0.1) is 0 Å². The molecule has 0 amide bonds. The minimum Gasteiger partial charge on any atom is -0.508 e. The topological polar surface area (TPSA) is 32.3 Å². The molecule has 0 fully saturated rings. The molecule has 0 spiro atoms. The second-order valence-corrected chi connectivity index (χ2v) is 2.89. The normalized spacial score (nSPS) is 20.6. The highest BCUT2D eigenvalue weighted by molar-refractivity contribution is 5.48. The molecular weight excluding hydrogens is 138 g/mol. The molecule has 11 heavy (non-hydrogen) atoms. The van der Waals surface area contributed by atoms with Crippen LogP contribution in [0.1, 0.15) is 17.2 Å². The number of phenols is 1. The first-order chi connectivity index (χ1) is 5.33. The number of aromatic hydroxyl groups is 1. The maximum atomic E-state index is 9.34. The Labute approximate surface area is 65.9 Å². The molecule has 0 bridgehead atoms. The third kappa shape index (κ3) is 0.828. The molecule has 0 radical (unpaired) electrons. The van der Waals surface area contributed by atoms with Crippen molar-refractivity contribution in [2.45, 2.75) is 12.5 Å². The molecule has 2 nitrogen and oxygen atoms in total. The fraction of sp³-hybridized carbons (Fsp3) is 0.333. The molecule has 2 N–H and O–H groups in total. The van der Waals surface area contributed by atoms with E-state index in [-0.39, 0.29) is 0 Å². The highest BCUT2D eigenvalue weighted by Gasteiger charge is 2.26. The standard InChI is InChI=1S/C9H11NO/c1-10-8-5-7-6(8)3-2-4-9(7)11/h2-4,8,10-11H,5H2,1H3. The minimum atomic E-state index is 0.439. The van der Waals surface area contributed by atoms with Gasteiger partial charge in [-0.05, 0) is 25.1 Å². The Morgan fingerprint density at radius 2 is 2.36 bits per heavy atom. The van der Waals surface area contributed by atoms with E-state index in [1.807, 2.05) is 13.1 Å². The number of rotatable bonds is 1. The smallest absolute Gasteiger partial charge is 0.119 e. The SMILES string of the molecule is CNC1Cc2c(O)cccc21. The molecule has 1 aliphatic rings. The molecule has 1 aromatic carbocycles. The van der Waals surface area contributed by atoms with Gasteiger partial charge in [0, 0.05) is 11.6 Å². The maximum Gasteiger partial charge on any atom is 0.119 e. The van der Waals surface area contributed by atoms with E-state index in [4.69, 9.17) is 0 Å². The summed E-state index contributed by atoms with van der Waals surface area (Å²) in [6, 6.07) is 6.14. The van der Waals surface area contributed by atoms with E-state index >= 15 is 0 Å². The molecule has 2 heteroatoms. The Bertz CT molecular complexity index is 283. The summed E-state index contributed by atoms with van der Waals surface area (Å²) in [5.74, 6) is 0.439. The Morgan fingerprint density at radius 1 is 1.55 bits per heavy atom. The van der Waals surface area contributed by atoms with Crippen molar-refractivity contribution in [3.8, 4) is 5.75 Å². The fourth-order valence-electron chi connectivity index (χ4n) is 1.58. The Balaban J connectivity index is 2.41. The van der Waals surface area contributed by atoms with Crippen molar-refractivity contribution in [1.82, 2.24) is 5.32 Å². The quantitative estimate of drug-likeness (QED) is 0.629. The molecular formula is C9H11NO. The van der Waals surface area contributed by atoms with Crippen LogP contribution in [0.5, 0.6) is 5.75 Å². The number of benzene rings is 1. The number of fused-ring (bicyclic) bond motifs is 1. The molecule has 1 atom stereocenters.